The Morgan fingerprint density at radius 1 is 0.529 bits per heavy atom. The number of ether oxygens (including phenoxy) is 1. The van der Waals surface area contributed by atoms with Gasteiger partial charge in [0.05, 0.1) is 36.8 Å². The van der Waals surface area contributed by atoms with Crippen LogP contribution in [-0.2, 0) is 81.3 Å². The van der Waals surface area contributed by atoms with Crippen LogP contribution < -0.4 is 26.6 Å². The molecule has 29 heteroatoms. The number of aliphatic hydroxyl groups excluding tert-OH is 1. The Hall–Kier alpha value is -8.21. The molecule has 0 aromatic heterocycles. The number of nitrogens with one attached hydrogen (secondary N) is 5. The van der Waals surface area contributed by atoms with Crippen molar-refractivity contribution in [1.82, 2.24) is 60.9 Å². The molecule has 26 nitrogen and oxygen atoms in total. The van der Waals surface area contributed by atoms with E-state index in [9.17, 15) is 51.8 Å². The number of nitrogens with zero attached hydrogens (tertiary/aromatic N) is 7. The zero-order valence-electron chi connectivity index (χ0n) is 63.1. The molecule has 2 fully saturated rings. The van der Waals surface area contributed by atoms with Crippen molar-refractivity contribution in [2.75, 3.05) is 68.5 Å². The second-order valence-electron chi connectivity index (χ2n) is 29.9. The third-order valence-electron chi connectivity index (χ3n) is 18.5. The standard InChI is InChI=1S/C73H113F3N12O14/c1-42(2)34-54-63(93)79-53(41-102-72(11,12)13)67(97)87(19)57(38-48-26-22-20-23-27-48)69(99)83(15)46(9)62(92)77-52(68(98)88-32-24-21-25-33-88)39-58(90)80-60(45(7)8)71(101)86(18)55(35-43(3)4)64(94)78-51(37-49-28-30-50(31-29-49)73(74,75)76)66(96)85(17)56(36-44(5)6)65(95)81-61(47(10)89)70(100)82(14)40-59(91)84(54)16/h20,22-23,26-31,42-47,51-57,60-61,89H,21,24-25,32-41H2,1-19H3,(H,77,92)(H,78,94)(H,79,93)(H,80,90)(H,81,95)/t46-,47+,51-,52-,53-,54-,55-,56-,57-,60+,61-/m0/s1. The molecule has 0 aliphatic carbocycles. The van der Waals surface area contributed by atoms with Gasteiger partial charge in [-0.2, -0.15) is 13.2 Å². The predicted molar refractivity (Wildman–Crippen MR) is 377 cm³/mol. The number of alkyl halides is 3. The molecule has 102 heavy (non-hydrogen) atoms. The van der Waals surface area contributed by atoms with Gasteiger partial charge in [0.15, 0.2) is 0 Å². The quantitative estimate of drug-likeness (QED) is 0.147. The highest BCUT2D eigenvalue weighted by Crippen LogP contribution is 2.30. The Kier molecular flexibility index (Phi) is 32.4. The number of likely N-dealkylation sites (N-methyl/N-ethyl adjacent to an activating group) is 6. The van der Waals surface area contributed by atoms with Crippen molar-refractivity contribution >= 4 is 70.9 Å². The number of rotatable bonds is 15. The van der Waals surface area contributed by atoms with Crippen molar-refractivity contribution in [2.45, 2.75) is 226 Å². The van der Waals surface area contributed by atoms with Gasteiger partial charge in [-0.1, -0.05) is 97.9 Å². The number of carbonyl (C=O) groups is 12. The van der Waals surface area contributed by atoms with Gasteiger partial charge >= 0.3 is 6.18 Å². The minimum absolute atomic E-state index is 0.0239. The van der Waals surface area contributed by atoms with Crippen LogP contribution in [-0.4, -0.2) is 251 Å². The van der Waals surface area contributed by atoms with Crippen LogP contribution in [0.4, 0.5) is 13.2 Å². The predicted octanol–water partition coefficient (Wildman–Crippen LogP) is 3.93. The third-order valence-corrected chi connectivity index (χ3v) is 18.5. The van der Waals surface area contributed by atoms with Gasteiger partial charge in [0.25, 0.3) is 0 Å². The fraction of sp³-hybridized carbons (Fsp3) is 0.671. The third kappa shape index (κ3) is 25.1. The minimum Gasteiger partial charge on any atom is -0.391 e. The van der Waals surface area contributed by atoms with E-state index >= 15 is 24.0 Å². The van der Waals surface area contributed by atoms with Gasteiger partial charge in [-0.15, -0.1) is 0 Å². The van der Waals surface area contributed by atoms with E-state index in [4.69, 9.17) is 4.74 Å². The molecule has 2 aromatic rings. The lowest BCUT2D eigenvalue weighted by Gasteiger charge is -2.37. The van der Waals surface area contributed by atoms with E-state index in [1.807, 2.05) is 0 Å². The summed E-state index contributed by atoms with van der Waals surface area (Å²) in [4.78, 5) is 186. The van der Waals surface area contributed by atoms with Crippen LogP contribution in [0.25, 0.3) is 0 Å². The molecule has 0 bridgehead atoms. The molecular weight excluding hydrogens is 1330 g/mol. The van der Waals surface area contributed by atoms with Crippen LogP contribution in [0.2, 0.25) is 0 Å². The zero-order valence-corrected chi connectivity index (χ0v) is 63.1. The zero-order chi connectivity index (χ0) is 77.2. The number of piperidine rings is 1. The number of likely N-dealkylation sites (tertiary alicyclic amines) is 1. The van der Waals surface area contributed by atoms with Crippen molar-refractivity contribution in [2.24, 2.45) is 23.7 Å². The van der Waals surface area contributed by atoms with E-state index in [2.05, 4.69) is 26.6 Å². The van der Waals surface area contributed by atoms with Crippen molar-refractivity contribution < 1.29 is 80.5 Å². The number of halogens is 3. The lowest BCUT2D eigenvalue weighted by molar-refractivity contribution is -0.151. The first-order chi connectivity index (χ1) is 47.4. The van der Waals surface area contributed by atoms with Gasteiger partial charge in [-0.25, -0.2) is 0 Å². The Balaban J connectivity index is 1.97. The Bertz CT molecular complexity index is 3210. The van der Waals surface area contributed by atoms with Gasteiger partial charge in [0, 0.05) is 68.2 Å². The molecule has 0 saturated carbocycles. The number of benzene rings is 2. The molecule has 0 unspecified atom stereocenters. The van der Waals surface area contributed by atoms with Gasteiger partial charge in [0.1, 0.15) is 60.4 Å². The van der Waals surface area contributed by atoms with Crippen LogP contribution in [0.3, 0.4) is 0 Å². The largest absolute Gasteiger partial charge is 0.416 e. The van der Waals surface area contributed by atoms with E-state index in [1.54, 1.807) is 106 Å². The molecule has 12 amide bonds. The maximum Gasteiger partial charge on any atom is 0.416 e. The van der Waals surface area contributed by atoms with Crippen LogP contribution >= 0.6 is 0 Å². The van der Waals surface area contributed by atoms with E-state index in [-0.39, 0.29) is 49.0 Å². The van der Waals surface area contributed by atoms with Crippen molar-refractivity contribution in [1.29, 1.82) is 0 Å². The number of carbonyl (C=O) groups excluding carboxylic acids is 12. The summed E-state index contributed by atoms with van der Waals surface area (Å²) in [5, 5.41) is 24.8. The number of hydrogen-bond acceptors (Lipinski definition) is 14. The summed E-state index contributed by atoms with van der Waals surface area (Å²) in [6, 6.07) is -2.25. The summed E-state index contributed by atoms with van der Waals surface area (Å²) in [5.74, 6) is -11.7. The second-order valence-corrected chi connectivity index (χ2v) is 29.9. The van der Waals surface area contributed by atoms with Gasteiger partial charge < -0.3 is 70.7 Å². The molecule has 0 spiro atoms. The second kappa shape index (κ2) is 38.3. The highest BCUT2D eigenvalue weighted by atomic mass is 19.4. The number of hydrogen-bond donors (Lipinski definition) is 6. The smallest absolute Gasteiger partial charge is 0.391 e. The summed E-state index contributed by atoms with van der Waals surface area (Å²) >= 11 is 0. The summed E-state index contributed by atoms with van der Waals surface area (Å²) < 4.78 is 47.8. The van der Waals surface area contributed by atoms with Gasteiger partial charge in [-0.3, -0.25) is 57.5 Å². The summed E-state index contributed by atoms with van der Waals surface area (Å²) in [7, 11) is 7.83. The minimum atomic E-state index is -4.73. The van der Waals surface area contributed by atoms with Crippen molar-refractivity contribution in [3.63, 3.8) is 0 Å². The molecule has 4 rings (SSSR count). The molecule has 2 aliphatic heterocycles. The van der Waals surface area contributed by atoms with E-state index in [0.29, 0.717) is 31.5 Å². The summed E-state index contributed by atoms with van der Waals surface area (Å²) in [6.45, 7) is 21.1. The normalized spacial score (nSPS) is 25.0. The molecule has 11 atom stereocenters. The van der Waals surface area contributed by atoms with Crippen molar-refractivity contribution in [3.05, 3.63) is 71.3 Å². The maximum absolute atomic E-state index is 15.2. The topological polar surface area (TPSA) is 317 Å². The number of aliphatic hydroxyl groups is 1. The first-order valence-corrected chi connectivity index (χ1v) is 35.3. The van der Waals surface area contributed by atoms with Crippen LogP contribution in [0.1, 0.15) is 152 Å². The van der Waals surface area contributed by atoms with Gasteiger partial charge in [-0.05, 0) is 120 Å². The highest BCUT2D eigenvalue weighted by molar-refractivity contribution is 6.00. The first kappa shape index (κ1) is 86.2. The van der Waals surface area contributed by atoms with Crippen molar-refractivity contribution in [3.8, 4) is 0 Å². The molecule has 570 valence electrons. The molecule has 0 radical (unpaired) electrons. The molecule has 2 aliphatic rings. The maximum atomic E-state index is 15.2. The van der Waals surface area contributed by atoms with Crippen LogP contribution in [0.15, 0.2) is 54.6 Å². The molecule has 2 aromatic carbocycles. The highest BCUT2D eigenvalue weighted by Gasteiger charge is 2.44. The summed E-state index contributed by atoms with van der Waals surface area (Å²) in [5.41, 5.74) is -1.13. The molecular formula is C73H113F3N12O14. The fourth-order valence-corrected chi connectivity index (χ4v) is 12.2. The molecule has 2 heterocycles. The SMILES string of the molecule is CC(C)C[C@H]1C(=O)N[C@@H](COC(C)(C)C)C(=O)N(C)[C@@H](Cc2ccccc2)C(=O)N(C)[C@@H](C)C(=O)N[C@H](C(=O)N2CCCCC2)CC(=O)N[C@H](C(C)C)C(=O)N(C)[C@@H](CC(C)C)C(=O)N[C@@H](Cc2ccc(C(F)(F)F)cc2)C(=O)N(C)[C@@H](CC(C)C)C(=O)N[C@@H]([C@@H](C)O)C(=O)N(C)CC(=O)N1C. The monoisotopic (exact) mass is 1440 g/mol. The average Bonchev–Trinajstić information content (AvgIpc) is 0.821. The van der Waals surface area contributed by atoms with E-state index in [1.165, 1.54) is 61.0 Å². The lowest BCUT2D eigenvalue weighted by atomic mass is 9.96. The van der Waals surface area contributed by atoms with E-state index < -0.39 is 187 Å². The van der Waals surface area contributed by atoms with E-state index in [0.717, 1.165) is 60.1 Å². The fourth-order valence-electron chi connectivity index (χ4n) is 12.2. The van der Waals surface area contributed by atoms with Crippen LogP contribution in [0.5, 0.6) is 0 Å². The molecule has 2 saturated heterocycles. The molecule has 6 N–H and O–H groups in total. The Morgan fingerprint density at radius 3 is 1.49 bits per heavy atom. The van der Waals surface area contributed by atoms with Gasteiger partial charge in [0.2, 0.25) is 70.9 Å². The average molecular weight is 1440 g/mol. The Morgan fingerprint density at radius 2 is 1.00 bits per heavy atom. The summed E-state index contributed by atoms with van der Waals surface area (Å²) in [6.07, 6.45) is -5.65. The lowest BCUT2D eigenvalue weighted by Crippen LogP contribution is -2.62. The Labute approximate surface area is 599 Å². The van der Waals surface area contributed by atoms with Crippen LogP contribution in [0, 0.1) is 23.7 Å². The first-order valence-electron chi connectivity index (χ1n) is 35.3. The number of amides is 12.